The van der Waals surface area contributed by atoms with Gasteiger partial charge in [0.05, 0.1) is 24.5 Å². The van der Waals surface area contributed by atoms with Gasteiger partial charge in [0.1, 0.15) is 17.8 Å². The SMILES string of the molecule is C=C1CC(OC(=O)C(C)C)C2C(=C)C(=O)OC2C2C1CC(O)C21CO1. The fourth-order valence-corrected chi connectivity index (χ4v) is 4.82. The maximum atomic E-state index is 12.2. The summed E-state index contributed by atoms with van der Waals surface area (Å²) < 4.78 is 17.0. The fraction of sp³-hybridized carbons (Fsp3) is 0.684. The molecule has 2 aliphatic carbocycles. The first-order valence-electron chi connectivity index (χ1n) is 8.86. The quantitative estimate of drug-likeness (QED) is 0.351. The molecule has 0 aromatic heterocycles. The van der Waals surface area contributed by atoms with Crippen LogP contribution in [0.25, 0.3) is 0 Å². The molecule has 0 radical (unpaired) electrons. The lowest BCUT2D eigenvalue weighted by atomic mass is 9.78. The van der Waals surface area contributed by atoms with Crippen LogP contribution in [0.4, 0.5) is 0 Å². The molecule has 1 spiro atoms. The molecule has 7 atom stereocenters. The van der Waals surface area contributed by atoms with E-state index in [0.29, 0.717) is 25.0 Å². The first-order chi connectivity index (χ1) is 11.8. The van der Waals surface area contributed by atoms with Crippen LogP contribution in [0.2, 0.25) is 0 Å². The van der Waals surface area contributed by atoms with Gasteiger partial charge in [0.15, 0.2) is 0 Å². The van der Waals surface area contributed by atoms with Crippen molar-refractivity contribution in [1.29, 1.82) is 0 Å². The zero-order valence-electron chi connectivity index (χ0n) is 14.6. The first-order valence-corrected chi connectivity index (χ1v) is 8.86. The third-order valence-corrected chi connectivity index (χ3v) is 6.26. The number of rotatable bonds is 2. The van der Waals surface area contributed by atoms with Crippen LogP contribution >= 0.6 is 0 Å². The molecule has 2 heterocycles. The second-order valence-electron chi connectivity index (χ2n) is 8.04. The van der Waals surface area contributed by atoms with Gasteiger partial charge >= 0.3 is 11.9 Å². The molecule has 136 valence electrons. The van der Waals surface area contributed by atoms with Gasteiger partial charge in [-0.2, -0.15) is 0 Å². The average molecular weight is 348 g/mol. The largest absolute Gasteiger partial charge is 0.461 e. The summed E-state index contributed by atoms with van der Waals surface area (Å²) in [5.74, 6) is -1.65. The Morgan fingerprint density at radius 2 is 2.08 bits per heavy atom. The number of epoxide rings is 1. The minimum absolute atomic E-state index is 0.0218. The molecule has 0 aromatic rings. The highest BCUT2D eigenvalue weighted by Crippen LogP contribution is 2.60. The van der Waals surface area contributed by atoms with Crippen molar-refractivity contribution in [3.05, 3.63) is 24.3 Å². The van der Waals surface area contributed by atoms with Crippen LogP contribution in [0.1, 0.15) is 26.7 Å². The Morgan fingerprint density at radius 1 is 1.40 bits per heavy atom. The van der Waals surface area contributed by atoms with Crippen LogP contribution in [0.15, 0.2) is 24.3 Å². The second-order valence-corrected chi connectivity index (χ2v) is 8.04. The molecule has 25 heavy (non-hydrogen) atoms. The monoisotopic (exact) mass is 348 g/mol. The molecule has 6 heteroatoms. The predicted octanol–water partition coefficient (Wildman–Crippen LogP) is 1.38. The molecule has 2 saturated heterocycles. The molecule has 4 aliphatic rings. The first kappa shape index (κ1) is 16.8. The number of aliphatic hydroxyl groups is 1. The molecule has 1 N–H and O–H groups in total. The van der Waals surface area contributed by atoms with Gasteiger partial charge in [-0.05, 0) is 12.3 Å². The average Bonchev–Trinajstić information content (AvgIpc) is 3.22. The molecule has 4 rings (SSSR count). The number of ether oxygens (including phenoxy) is 3. The third kappa shape index (κ3) is 2.30. The van der Waals surface area contributed by atoms with E-state index in [-0.39, 0.29) is 23.7 Å². The van der Waals surface area contributed by atoms with Crippen molar-refractivity contribution < 1.29 is 28.9 Å². The molecule has 0 aromatic carbocycles. The van der Waals surface area contributed by atoms with E-state index >= 15 is 0 Å². The van der Waals surface area contributed by atoms with Crippen molar-refractivity contribution in [3.8, 4) is 0 Å². The van der Waals surface area contributed by atoms with Gasteiger partial charge in [-0.25, -0.2) is 4.79 Å². The highest BCUT2D eigenvalue weighted by atomic mass is 16.6. The van der Waals surface area contributed by atoms with Gasteiger partial charge < -0.3 is 19.3 Å². The number of fused-ring (bicyclic) bond motifs is 4. The summed E-state index contributed by atoms with van der Waals surface area (Å²) in [4.78, 5) is 24.4. The van der Waals surface area contributed by atoms with E-state index in [2.05, 4.69) is 13.2 Å². The highest BCUT2D eigenvalue weighted by molar-refractivity contribution is 5.91. The molecule has 2 aliphatic heterocycles. The number of carbonyl (C=O) groups excluding carboxylic acids is 2. The number of aliphatic hydroxyl groups excluding tert-OH is 1. The Kier molecular flexibility index (Phi) is 3.64. The maximum absolute atomic E-state index is 12.2. The summed E-state index contributed by atoms with van der Waals surface area (Å²) >= 11 is 0. The van der Waals surface area contributed by atoms with Gasteiger partial charge in [0.25, 0.3) is 0 Å². The van der Waals surface area contributed by atoms with E-state index < -0.39 is 35.8 Å². The lowest BCUT2D eigenvalue weighted by Gasteiger charge is -2.30. The van der Waals surface area contributed by atoms with Crippen molar-refractivity contribution in [2.45, 2.75) is 50.6 Å². The van der Waals surface area contributed by atoms with Crippen molar-refractivity contribution >= 4 is 11.9 Å². The molecular formula is C19H24O6. The zero-order valence-corrected chi connectivity index (χ0v) is 14.6. The van der Waals surface area contributed by atoms with Crippen molar-refractivity contribution in [3.63, 3.8) is 0 Å². The summed E-state index contributed by atoms with van der Waals surface area (Å²) in [5.41, 5.74) is 0.576. The van der Waals surface area contributed by atoms with Crippen LogP contribution in [-0.4, -0.2) is 47.6 Å². The fourth-order valence-electron chi connectivity index (χ4n) is 4.82. The Morgan fingerprint density at radius 3 is 2.68 bits per heavy atom. The number of hydrogen-bond donors (Lipinski definition) is 1. The van der Waals surface area contributed by atoms with E-state index in [4.69, 9.17) is 14.2 Å². The van der Waals surface area contributed by atoms with Crippen LogP contribution in [0.3, 0.4) is 0 Å². The van der Waals surface area contributed by atoms with E-state index in [0.717, 1.165) is 5.57 Å². The van der Waals surface area contributed by atoms with Crippen molar-refractivity contribution in [2.75, 3.05) is 6.61 Å². The lowest BCUT2D eigenvalue weighted by Crippen LogP contribution is -2.43. The summed E-state index contributed by atoms with van der Waals surface area (Å²) in [6, 6.07) is 0. The van der Waals surface area contributed by atoms with Gasteiger partial charge in [0, 0.05) is 17.9 Å². The number of carbonyl (C=O) groups is 2. The normalized spacial score (nSPS) is 45.2. The van der Waals surface area contributed by atoms with E-state index in [1.54, 1.807) is 13.8 Å². The number of esters is 2. The van der Waals surface area contributed by atoms with Gasteiger partial charge in [-0.15, -0.1) is 0 Å². The summed E-state index contributed by atoms with van der Waals surface area (Å²) in [6.07, 6.45) is -0.651. The third-order valence-electron chi connectivity index (χ3n) is 6.26. The number of hydrogen-bond acceptors (Lipinski definition) is 6. The highest BCUT2D eigenvalue weighted by Gasteiger charge is 2.70. The van der Waals surface area contributed by atoms with Crippen molar-refractivity contribution in [1.82, 2.24) is 0 Å². The van der Waals surface area contributed by atoms with E-state index in [1.165, 1.54) is 0 Å². The maximum Gasteiger partial charge on any atom is 0.334 e. The second kappa shape index (κ2) is 5.42. The summed E-state index contributed by atoms with van der Waals surface area (Å²) in [6.45, 7) is 12.1. The van der Waals surface area contributed by atoms with Gasteiger partial charge in [-0.1, -0.05) is 32.6 Å². The standard InChI is InChI=1S/C19H24O6/c1-8(2)17(21)24-12-5-9(3)11-6-13(20)19(7-23-19)15(11)16-14(12)10(4)18(22)25-16/h8,11-16,20H,3-7H2,1-2H3. The summed E-state index contributed by atoms with van der Waals surface area (Å²) in [5, 5.41) is 10.5. The zero-order chi connectivity index (χ0) is 18.1. The van der Waals surface area contributed by atoms with Gasteiger partial charge in [0.2, 0.25) is 0 Å². The predicted molar refractivity (Wildman–Crippen MR) is 87.3 cm³/mol. The topological polar surface area (TPSA) is 85.4 Å². The molecule has 4 fully saturated rings. The minimum atomic E-state index is -0.668. The molecule has 0 bridgehead atoms. The Hall–Kier alpha value is -1.66. The molecule has 7 unspecified atom stereocenters. The lowest BCUT2D eigenvalue weighted by molar-refractivity contribution is -0.157. The Labute approximate surface area is 146 Å². The van der Waals surface area contributed by atoms with Crippen molar-refractivity contribution in [2.24, 2.45) is 23.7 Å². The van der Waals surface area contributed by atoms with Gasteiger partial charge in [-0.3, -0.25) is 4.79 Å². The van der Waals surface area contributed by atoms with E-state index in [9.17, 15) is 14.7 Å². The molecular weight excluding hydrogens is 324 g/mol. The van der Waals surface area contributed by atoms with Crippen LogP contribution in [-0.2, 0) is 23.8 Å². The Balaban J connectivity index is 1.72. The molecule has 6 nitrogen and oxygen atoms in total. The Bertz CT molecular complexity index is 661. The van der Waals surface area contributed by atoms with E-state index in [1.807, 2.05) is 0 Å². The van der Waals surface area contributed by atoms with Crippen LogP contribution in [0.5, 0.6) is 0 Å². The summed E-state index contributed by atoms with van der Waals surface area (Å²) in [7, 11) is 0. The van der Waals surface area contributed by atoms with Crippen LogP contribution in [0, 0.1) is 23.7 Å². The molecule has 0 amide bonds. The molecule has 2 saturated carbocycles. The smallest absolute Gasteiger partial charge is 0.334 e. The minimum Gasteiger partial charge on any atom is -0.461 e. The van der Waals surface area contributed by atoms with Crippen LogP contribution < -0.4 is 0 Å².